The predicted molar refractivity (Wildman–Crippen MR) is 328 cm³/mol. The normalized spacial score (nSPS) is 17.0. The highest BCUT2D eigenvalue weighted by atomic mass is 16.2. The van der Waals surface area contributed by atoms with E-state index in [1.807, 2.05) is 79.8 Å². The molecule has 2 aliphatic heterocycles. The maximum absolute atomic E-state index is 12.9. The number of amides is 4. The largest absolute Gasteiger partial charge is 0.383 e. The lowest BCUT2D eigenvalue weighted by Gasteiger charge is -2.16. The summed E-state index contributed by atoms with van der Waals surface area (Å²) in [6, 6.07) is 23.3. The molecule has 85 heavy (non-hydrogen) atoms. The van der Waals surface area contributed by atoms with E-state index >= 15 is 0 Å². The molecule has 4 fully saturated rings. The number of carbonyl (C=O) groups is 4. The molecule has 8 heterocycles. The monoisotopic (exact) mass is 1140 g/mol. The number of anilines is 4. The molecule has 4 amide bonds. The first-order valence-corrected chi connectivity index (χ1v) is 29.3. The molecule has 2 aliphatic carbocycles. The number of nitrogens with two attached hydrogens (primary N) is 2. The van der Waals surface area contributed by atoms with Gasteiger partial charge in [-0.2, -0.15) is 10.2 Å². The van der Waals surface area contributed by atoms with Gasteiger partial charge in [-0.1, -0.05) is 56.7 Å². The molecule has 2 aromatic carbocycles. The number of rotatable bonds is 19. The van der Waals surface area contributed by atoms with E-state index < -0.39 is 0 Å². The number of nitrogen functional groups attached to an aromatic ring is 2. The van der Waals surface area contributed by atoms with Gasteiger partial charge in [-0.15, -0.1) is 0 Å². The number of carbonyl (C=O) groups excluding carboxylic acids is 4. The van der Waals surface area contributed by atoms with E-state index in [0.717, 1.165) is 67.4 Å². The van der Waals surface area contributed by atoms with Crippen molar-refractivity contribution in [3.8, 4) is 22.5 Å². The van der Waals surface area contributed by atoms with Crippen molar-refractivity contribution in [3.63, 3.8) is 0 Å². The second kappa shape index (κ2) is 25.7. The summed E-state index contributed by atoms with van der Waals surface area (Å²) in [5, 5.41) is 16.9. The second-order valence-corrected chi connectivity index (χ2v) is 22.4. The summed E-state index contributed by atoms with van der Waals surface area (Å²) in [5.74, 6) is 1.25. The summed E-state index contributed by atoms with van der Waals surface area (Å²) in [4.78, 5) is 85.8. The van der Waals surface area contributed by atoms with Crippen LogP contribution < -0.4 is 22.1 Å². The van der Waals surface area contributed by atoms with Crippen molar-refractivity contribution in [3.05, 3.63) is 144 Å². The number of hydrogen-bond donors (Lipinski definition) is 4. The van der Waals surface area contributed by atoms with E-state index in [-0.39, 0.29) is 35.7 Å². The minimum atomic E-state index is -0.246. The van der Waals surface area contributed by atoms with Gasteiger partial charge in [0.2, 0.25) is 11.8 Å². The lowest BCUT2D eigenvalue weighted by Crippen LogP contribution is -2.28. The number of aromatic nitrogens is 10. The van der Waals surface area contributed by atoms with E-state index in [4.69, 9.17) is 21.7 Å². The van der Waals surface area contributed by atoms with Crippen molar-refractivity contribution in [2.75, 3.05) is 75.5 Å². The Morgan fingerprint density at radius 2 is 1.01 bits per heavy atom. The first-order valence-electron chi connectivity index (χ1n) is 29.3. The number of nitrogens with one attached hydrogen (secondary N) is 2. The van der Waals surface area contributed by atoms with Crippen LogP contribution in [0, 0.1) is 0 Å². The Hall–Kier alpha value is -9.28. The Bertz CT molecular complexity index is 3790. The molecule has 0 radical (unpaired) electrons. The van der Waals surface area contributed by atoms with Gasteiger partial charge in [-0.05, 0) is 125 Å². The third-order valence-electron chi connectivity index (χ3n) is 16.2. The number of pyridine rings is 2. The standard InChI is InChI=1S/C32H37N9O2.C31H35N9O2/c1-3-5-21-13-15-34-26(18-21)37-32(43)23-9-7-22(8-10-23)29-28-30(33)35-20-36-31(28)41(38-29)25-14-17-40(19-25)27(42)6-4-16-39(2)24-11-12-24;1-3-20-12-14-33-25(17-20)36-31(42)22-8-6-21(7-9-22)28-27-29(32)34-19-35-30(27)40(37-28)24-13-16-39(18-24)26(41)5-4-15-38(2)23-10-11-23/h4,6-10,13,15,18,20,24-25H,3,5,11-12,14,16-17,19H2,1-2H3,(H2,33,35,36)(H,34,37,43);4-9,12,14,17,19,23-24H,3,10-11,13,15-16,18H2,1-2H3,(H2,32,34,35)(H,33,36,42)/b6-4+;5-4+/t25-;24-/m11/s1. The van der Waals surface area contributed by atoms with E-state index in [1.165, 1.54) is 38.3 Å². The molecule has 6 aromatic heterocycles. The van der Waals surface area contributed by atoms with Crippen LogP contribution in [0.3, 0.4) is 0 Å². The van der Waals surface area contributed by atoms with Gasteiger partial charge < -0.3 is 31.9 Å². The van der Waals surface area contributed by atoms with Crippen LogP contribution in [0.1, 0.15) is 103 Å². The quantitative estimate of drug-likeness (QED) is 0.0562. The Morgan fingerprint density at radius 1 is 0.576 bits per heavy atom. The van der Waals surface area contributed by atoms with Gasteiger partial charge >= 0.3 is 0 Å². The number of nitrogens with zero attached hydrogens (tertiary/aromatic N) is 14. The molecule has 6 N–H and O–H groups in total. The van der Waals surface area contributed by atoms with Crippen LogP contribution in [0.25, 0.3) is 44.6 Å². The van der Waals surface area contributed by atoms with Crippen molar-refractivity contribution >= 4 is 69.0 Å². The minimum Gasteiger partial charge on any atom is -0.383 e. The molecule has 22 heteroatoms. The summed E-state index contributed by atoms with van der Waals surface area (Å²) in [5.41, 5.74) is 20.0. The zero-order valence-corrected chi connectivity index (χ0v) is 48.5. The van der Waals surface area contributed by atoms with E-state index in [1.54, 1.807) is 48.8 Å². The third-order valence-corrected chi connectivity index (χ3v) is 16.2. The van der Waals surface area contributed by atoms with Crippen molar-refractivity contribution in [2.45, 2.75) is 95.8 Å². The molecule has 438 valence electrons. The minimum absolute atomic E-state index is 0.0120. The van der Waals surface area contributed by atoms with Crippen molar-refractivity contribution < 1.29 is 19.2 Å². The van der Waals surface area contributed by atoms with Crippen LogP contribution in [0.2, 0.25) is 0 Å². The molecule has 4 aliphatic rings. The highest BCUT2D eigenvalue weighted by Crippen LogP contribution is 2.36. The Kier molecular flexibility index (Phi) is 17.4. The molecule has 2 atom stereocenters. The Morgan fingerprint density at radius 3 is 1.44 bits per heavy atom. The molecular formula is C63H72N18O4. The van der Waals surface area contributed by atoms with Crippen LogP contribution >= 0.6 is 0 Å². The fraction of sp³-hybridized carbons (Fsp3) is 0.365. The fourth-order valence-corrected chi connectivity index (χ4v) is 11.1. The predicted octanol–water partition coefficient (Wildman–Crippen LogP) is 7.81. The maximum Gasteiger partial charge on any atom is 0.256 e. The molecule has 0 unspecified atom stereocenters. The zero-order valence-electron chi connectivity index (χ0n) is 48.5. The summed E-state index contributed by atoms with van der Waals surface area (Å²) in [6.07, 6.45) is 22.8. The summed E-state index contributed by atoms with van der Waals surface area (Å²) < 4.78 is 3.74. The van der Waals surface area contributed by atoms with Gasteiger partial charge in [0.1, 0.15) is 47.3 Å². The molecule has 22 nitrogen and oxygen atoms in total. The Balaban J connectivity index is 0.000000177. The topological polar surface area (TPSA) is 270 Å². The number of likely N-dealkylation sites (N-methyl/N-ethyl adjacent to an activating group) is 2. The van der Waals surface area contributed by atoms with Gasteiger partial charge in [-0.25, -0.2) is 39.3 Å². The van der Waals surface area contributed by atoms with E-state index in [0.29, 0.717) is 106 Å². The lowest BCUT2D eigenvalue weighted by molar-refractivity contribution is -0.125. The van der Waals surface area contributed by atoms with Gasteiger partial charge in [-0.3, -0.25) is 29.0 Å². The van der Waals surface area contributed by atoms with E-state index in [9.17, 15) is 19.2 Å². The van der Waals surface area contributed by atoms with Crippen LogP contribution in [-0.4, -0.2) is 158 Å². The molecule has 12 rings (SSSR count). The molecule has 8 aromatic rings. The first-order chi connectivity index (χ1) is 41.3. The van der Waals surface area contributed by atoms with Gasteiger partial charge in [0.15, 0.2) is 11.3 Å². The van der Waals surface area contributed by atoms with Crippen LogP contribution in [0.4, 0.5) is 23.3 Å². The number of benzene rings is 2. The molecule has 2 saturated carbocycles. The fourth-order valence-electron chi connectivity index (χ4n) is 11.1. The Labute approximate surface area is 493 Å². The van der Waals surface area contributed by atoms with Crippen LogP contribution in [0.5, 0.6) is 0 Å². The number of aryl methyl sites for hydroxylation is 2. The smallest absolute Gasteiger partial charge is 0.256 e. The average molecular weight is 1150 g/mol. The molecule has 0 bridgehead atoms. The van der Waals surface area contributed by atoms with E-state index in [2.05, 4.69) is 78.3 Å². The molecule has 0 spiro atoms. The van der Waals surface area contributed by atoms with Gasteiger partial charge in [0.25, 0.3) is 11.8 Å². The molecular weight excluding hydrogens is 1070 g/mol. The zero-order chi connectivity index (χ0) is 59.1. The number of hydrogen-bond acceptors (Lipinski definition) is 16. The summed E-state index contributed by atoms with van der Waals surface area (Å²) >= 11 is 0. The first kappa shape index (κ1) is 57.5. The lowest BCUT2D eigenvalue weighted by atomic mass is 10.1. The summed E-state index contributed by atoms with van der Waals surface area (Å²) in [6.45, 7) is 8.08. The van der Waals surface area contributed by atoms with Crippen molar-refractivity contribution in [1.82, 2.24) is 69.1 Å². The molecule has 2 saturated heterocycles. The van der Waals surface area contributed by atoms with Gasteiger partial charge in [0.05, 0.1) is 22.9 Å². The third kappa shape index (κ3) is 13.4. The highest BCUT2D eigenvalue weighted by molar-refractivity contribution is 6.06. The highest BCUT2D eigenvalue weighted by Gasteiger charge is 2.33. The van der Waals surface area contributed by atoms with Gasteiger partial charge in [0, 0.05) is 98.2 Å². The summed E-state index contributed by atoms with van der Waals surface area (Å²) in [7, 11) is 4.19. The number of fused-ring (bicyclic) bond motifs is 2. The maximum atomic E-state index is 12.9. The van der Waals surface area contributed by atoms with Crippen molar-refractivity contribution in [1.29, 1.82) is 0 Å². The SMILES string of the molecule is CCCc1ccnc(NC(=O)c2ccc(-c3nn([C@@H]4CCN(C(=O)/C=C/CN(C)C5CC5)C4)c4ncnc(N)c34)cc2)c1.CCc1ccnc(NC(=O)c2ccc(-c3nn([C@@H]4CCN(C(=O)/C=C/CN(C)C5CC5)C4)c4ncnc(N)c34)cc2)c1. The second-order valence-electron chi connectivity index (χ2n) is 22.4. The van der Waals surface area contributed by atoms with Crippen LogP contribution in [-0.2, 0) is 22.4 Å². The average Bonchev–Trinajstić information content (AvgIpc) is 2.41. The van der Waals surface area contributed by atoms with Crippen LogP contribution in [0.15, 0.2) is 122 Å². The van der Waals surface area contributed by atoms with Crippen molar-refractivity contribution in [2.24, 2.45) is 0 Å². The number of likely N-dealkylation sites (tertiary alicyclic amines) is 2.